The zero-order valence-electron chi connectivity index (χ0n) is 12.3. The van der Waals surface area contributed by atoms with Gasteiger partial charge in [-0.3, -0.25) is 0 Å². The Kier molecular flexibility index (Phi) is 5.01. The van der Waals surface area contributed by atoms with Crippen molar-refractivity contribution in [3.05, 3.63) is 34.9 Å². The highest BCUT2D eigenvalue weighted by Crippen LogP contribution is 2.40. The summed E-state index contributed by atoms with van der Waals surface area (Å²) >= 11 is 6.29. The number of halogens is 1. The Hall–Kier alpha value is -0.530. The molecule has 20 heavy (non-hydrogen) atoms. The van der Waals surface area contributed by atoms with Crippen LogP contribution in [0.4, 0.5) is 0 Å². The van der Waals surface area contributed by atoms with Gasteiger partial charge in [0.25, 0.3) is 0 Å². The minimum Gasteiger partial charge on any atom is -0.311 e. The van der Waals surface area contributed by atoms with Crippen molar-refractivity contribution in [2.45, 2.75) is 75.8 Å². The van der Waals surface area contributed by atoms with E-state index in [0.717, 1.165) is 17.1 Å². The van der Waals surface area contributed by atoms with Gasteiger partial charge in [-0.2, -0.15) is 0 Å². The van der Waals surface area contributed by atoms with Crippen molar-refractivity contribution in [1.82, 2.24) is 5.32 Å². The lowest BCUT2D eigenvalue weighted by atomic mass is 9.75. The second-order valence-corrected chi connectivity index (χ2v) is 7.00. The molecule has 0 atom stereocenters. The second-order valence-electron chi connectivity index (χ2n) is 6.60. The van der Waals surface area contributed by atoms with Crippen molar-refractivity contribution < 1.29 is 0 Å². The molecule has 0 spiro atoms. The molecule has 3 rings (SSSR count). The van der Waals surface area contributed by atoms with E-state index in [-0.39, 0.29) is 0 Å². The minimum absolute atomic E-state index is 0.676. The maximum Gasteiger partial charge on any atom is 0.0440 e. The zero-order valence-corrected chi connectivity index (χ0v) is 13.0. The summed E-state index contributed by atoms with van der Waals surface area (Å²) < 4.78 is 0. The van der Waals surface area contributed by atoms with Gasteiger partial charge in [-0.05, 0) is 43.2 Å². The van der Waals surface area contributed by atoms with Crippen LogP contribution in [0.5, 0.6) is 0 Å². The molecule has 1 aromatic rings. The fourth-order valence-corrected chi connectivity index (χ4v) is 4.06. The molecular formula is C18H26ClN. The van der Waals surface area contributed by atoms with Crippen LogP contribution >= 0.6 is 11.6 Å². The van der Waals surface area contributed by atoms with Gasteiger partial charge in [0.15, 0.2) is 0 Å². The van der Waals surface area contributed by atoms with Gasteiger partial charge in [-0.25, -0.2) is 0 Å². The van der Waals surface area contributed by atoms with E-state index in [2.05, 4.69) is 17.4 Å². The molecule has 1 nitrogen and oxygen atoms in total. The van der Waals surface area contributed by atoms with E-state index in [0.29, 0.717) is 5.92 Å². The maximum absolute atomic E-state index is 6.29. The van der Waals surface area contributed by atoms with E-state index in [1.54, 1.807) is 0 Å². The molecule has 0 amide bonds. The lowest BCUT2D eigenvalue weighted by Gasteiger charge is -2.39. The largest absolute Gasteiger partial charge is 0.311 e. The topological polar surface area (TPSA) is 12.0 Å². The highest BCUT2D eigenvalue weighted by atomic mass is 35.5. The van der Waals surface area contributed by atoms with Crippen LogP contribution in [0.3, 0.4) is 0 Å². The van der Waals surface area contributed by atoms with Crippen LogP contribution in [0.15, 0.2) is 24.3 Å². The SMILES string of the molecule is Clc1ccccc1C1CC(NC2CCCCCCC2)C1. The lowest BCUT2D eigenvalue weighted by molar-refractivity contribution is 0.245. The molecule has 2 aliphatic carbocycles. The van der Waals surface area contributed by atoms with Crippen LogP contribution in [0.25, 0.3) is 0 Å². The van der Waals surface area contributed by atoms with Crippen LogP contribution in [-0.2, 0) is 0 Å². The molecule has 1 N–H and O–H groups in total. The van der Waals surface area contributed by atoms with Crippen LogP contribution in [0.1, 0.15) is 69.3 Å². The summed E-state index contributed by atoms with van der Waals surface area (Å²) in [6.07, 6.45) is 12.4. The molecule has 2 heteroatoms. The smallest absolute Gasteiger partial charge is 0.0440 e. The Labute approximate surface area is 128 Å². The first-order chi connectivity index (χ1) is 9.83. The number of hydrogen-bond acceptors (Lipinski definition) is 1. The lowest BCUT2D eigenvalue weighted by Crippen LogP contribution is -2.45. The Morgan fingerprint density at radius 3 is 2.20 bits per heavy atom. The quantitative estimate of drug-likeness (QED) is 0.798. The Balaban J connectivity index is 1.47. The number of hydrogen-bond donors (Lipinski definition) is 1. The summed E-state index contributed by atoms with van der Waals surface area (Å²) in [6.45, 7) is 0. The van der Waals surface area contributed by atoms with Gasteiger partial charge in [0, 0.05) is 17.1 Å². The van der Waals surface area contributed by atoms with E-state index in [1.807, 2.05) is 12.1 Å². The summed E-state index contributed by atoms with van der Waals surface area (Å²) in [7, 11) is 0. The van der Waals surface area contributed by atoms with Crippen molar-refractivity contribution in [3.63, 3.8) is 0 Å². The average molecular weight is 292 g/mol. The third kappa shape index (κ3) is 3.56. The molecule has 110 valence electrons. The molecule has 0 bridgehead atoms. The Bertz CT molecular complexity index is 417. The molecule has 2 aliphatic rings. The molecular weight excluding hydrogens is 266 g/mol. The van der Waals surface area contributed by atoms with Crippen molar-refractivity contribution in [2.75, 3.05) is 0 Å². The van der Waals surface area contributed by atoms with E-state index in [1.165, 1.54) is 63.4 Å². The second kappa shape index (κ2) is 6.95. The van der Waals surface area contributed by atoms with E-state index in [9.17, 15) is 0 Å². The zero-order chi connectivity index (χ0) is 13.8. The van der Waals surface area contributed by atoms with Crippen LogP contribution in [0, 0.1) is 0 Å². The predicted octanol–water partition coefficient (Wildman–Crippen LogP) is 5.29. The van der Waals surface area contributed by atoms with Gasteiger partial charge in [-0.15, -0.1) is 0 Å². The highest BCUT2D eigenvalue weighted by molar-refractivity contribution is 6.31. The van der Waals surface area contributed by atoms with Crippen molar-refractivity contribution >= 4 is 11.6 Å². The van der Waals surface area contributed by atoms with Gasteiger partial charge in [-0.1, -0.05) is 61.9 Å². The summed E-state index contributed by atoms with van der Waals surface area (Å²) in [4.78, 5) is 0. The number of rotatable bonds is 3. The fraction of sp³-hybridized carbons (Fsp3) is 0.667. The molecule has 0 aliphatic heterocycles. The first kappa shape index (κ1) is 14.4. The molecule has 2 fully saturated rings. The van der Waals surface area contributed by atoms with Gasteiger partial charge < -0.3 is 5.32 Å². The van der Waals surface area contributed by atoms with Crippen molar-refractivity contribution in [1.29, 1.82) is 0 Å². The van der Waals surface area contributed by atoms with Gasteiger partial charge in [0.2, 0.25) is 0 Å². The summed E-state index contributed by atoms with van der Waals surface area (Å²) in [5.74, 6) is 0.676. The molecule has 2 saturated carbocycles. The predicted molar refractivity (Wildman–Crippen MR) is 86.5 cm³/mol. The molecule has 0 aromatic heterocycles. The Morgan fingerprint density at radius 2 is 1.50 bits per heavy atom. The summed E-state index contributed by atoms with van der Waals surface area (Å²) in [6, 6.07) is 9.84. The third-order valence-electron chi connectivity index (χ3n) is 5.06. The average Bonchev–Trinajstić information content (AvgIpc) is 2.36. The summed E-state index contributed by atoms with van der Waals surface area (Å²) in [5, 5.41) is 4.85. The van der Waals surface area contributed by atoms with E-state index < -0.39 is 0 Å². The van der Waals surface area contributed by atoms with Crippen LogP contribution in [0.2, 0.25) is 5.02 Å². The summed E-state index contributed by atoms with van der Waals surface area (Å²) in [5.41, 5.74) is 1.35. The van der Waals surface area contributed by atoms with E-state index >= 15 is 0 Å². The number of nitrogens with one attached hydrogen (secondary N) is 1. The van der Waals surface area contributed by atoms with Crippen LogP contribution < -0.4 is 5.32 Å². The Morgan fingerprint density at radius 1 is 0.850 bits per heavy atom. The van der Waals surface area contributed by atoms with Crippen molar-refractivity contribution in [2.24, 2.45) is 0 Å². The van der Waals surface area contributed by atoms with Crippen LogP contribution in [-0.4, -0.2) is 12.1 Å². The normalized spacial score (nSPS) is 28.4. The molecule has 0 radical (unpaired) electrons. The first-order valence-corrected chi connectivity index (χ1v) is 8.71. The highest BCUT2D eigenvalue weighted by Gasteiger charge is 2.32. The molecule has 0 saturated heterocycles. The molecule has 0 heterocycles. The molecule has 1 aromatic carbocycles. The minimum atomic E-state index is 0.676. The fourth-order valence-electron chi connectivity index (χ4n) is 3.77. The van der Waals surface area contributed by atoms with Crippen molar-refractivity contribution in [3.8, 4) is 0 Å². The molecule has 0 unspecified atom stereocenters. The van der Waals surface area contributed by atoms with Gasteiger partial charge >= 0.3 is 0 Å². The van der Waals surface area contributed by atoms with E-state index in [4.69, 9.17) is 11.6 Å². The van der Waals surface area contributed by atoms with Gasteiger partial charge in [0.1, 0.15) is 0 Å². The first-order valence-electron chi connectivity index (χ1n) is 8.33. The maximum atomic E-state index is 6.29. The third-order valence-corrected chi connectivity index (χ3v) is 5.40. The number of benzene rings is 1. The monoisotopic (exact) mass is 291 g/mol. The standard InChI is InChI=1S/C18H26ClN/c19-18-11-7-6-10-17(18)14-12-16(13-14)20-15-8-4-2-1-3-5-9-15/h6-7,10-11,14-16,20H,1-5,8-9,12-13H2. The van der Waals surface area contributed by atoms with Gasteiger partial charge in [0.05, 0.1) is 0 Å².